The summed E-state index contributed by atoms with van der Waals surface area (Å²) in [6.07, 6.45) is 22.6. The SMILES string of the molecule is C#C.C=C(CC)OC1CCC2C3C=CC4=CC(=O)CCC4(C)C3CCC12C.CC. The molecule has 0 saturated heterocycles. The molecule has 4 aliphatic rings. The van der Waals surface area contributed by atoms with Gasteiger partial charge in [-0.15, -0.1) is 12.8 Å². The second-order valence-corrected chi connectivity index (χ2v) is 9.25. The van der Waals surface area contributed by atoms with Gasteiger partial charge in [-0.3, -0.25) is 4.79 Å². The predicted molar refractivity (Wildman–Crippen MR) is 122 cm³/mol. The molecule has 2 saturated carbocycles. The molecule has 29 heavy (non-hydrogen) atoms. The molecule has 6 atom stereocenters. The van der Waals surface area contributed by atoms with E-state index in [0.717, 1.165) is 31.4 Å². The topological polar surface area (TPSA) is 26.3 Å². The molecular formula is C27H40O2. The van der Waals surface area contributed by atoms with Gasteiger partial charge in [-0.2, -0.15) is 0 Å². The summed E-state index contributed by atoms with van der Waals surface area (Å²) < 4.78 is 6.28. The van der Waals surface area contributed by atoms with Crippen molar-refractivity contribution in [2.24, 2.45) is 28.6 Å². The maximum Gasteiger partial charge on any atom is 0.156 e. The van der Waals surface area contributed by atoms with Crippen LogP contribution in [0.4, 0.5) is 0 Å². The maximum atomic E-state index is 11.9. The van der Waals surface area contributed by atoms with Gasteiger partial charge < -0.3 is 4.74 Å². The Morgan fingerprint density at radius 2 is 1.86 bits per heavy atom. The second kappa shape index (κ2) is 9.38. The molecule has 0 aromatic carbocycles. The lowest BCUT2D eigenvalue weighted by Gasteiger charge is -2.55. The van der Waals surface area contributed by atoms with E-state index in [9.17, 15) is 4.79 Å². The van der Waals surface area contributed by atoms with E-state index in [0.29, 0.717) is 29.6 Å². The number of ether oxygens (including phenoxy) is 1. The van der Waals surface area contributed by atoms with E-state index in [2.05, 4.69) is 52.3 Å². The number of rotatable bonds is 3. The number of ketones is 1. The van der Waals surface area contributed by atoms with Crippen molar-refractivity contribution in [3.63, 3.8) is 0 Å². The van der Waals surface area contributed by atoms with E-state index in [4.69, 9.17) is 4.74 Å². The van der Waals surface area contributed by atoms with Crippen LogP contribution >= 0.6 is 0 Å². The molecule has 2 fully saturated rings. The number of hydrogen-bond donors (Lipinski definition) is 0. The molecule has 0 aromatic rings. The van der Waals surface area contributed by atoms with Gasteiger partial charge >= 0.3 is 0 Å². The van der Waals surface area contributed by atoms with Gasteiger partial charge in [0.2, 0.25) is 0 Å². The third kappa shape index (κ3) is 3.98. The van der Waals surface area contributed by atoms with Crippen molar-refractivity contribution in [1.29, 1.82) is 0 Å². The first-order chi connectivity index (χ1) is 13.9. The Labute approximate surface area is 178 Å². The summed E-state index contributed by atoms with van der Waals surface area (Å²) >= 11 is 0. The Kier molecular flexibility index (Phi) is 7.61. The fourth-order valence-electron chi connectivity index (χ4n) is 6.43. The van der Waals surface area contributed by atoms with Crippen LogP contribution < -0.4 is 0 Å². The third-order valence-electron chi connectivity index (χ3n) is 8.13. The summed E-state index contributed by atoms with van der Waals surface area (Å²) in [4.78, 5) is 11.9. The molecule has 160 valence electrons. The molecule has 0 aliphatic heterocycles. The highest BCUT2D eigenvalue weighted by atomic mass is 16.5. The zero-order chi connectivity index (χ0) is 21.8. The fraction of sp³-hybridized carbons (Fsp3) is 0.667. The lowest BCUT2D eigenvalue weighted by Crippen LogP contribution is -2.50. The molecule has 0 spiro atoms. The number of allylic oxidation sites excluding steroid dienone is 5. The van der Waals surface area contributed by atoms with Gasteiger partial charge in [-0.05, 0) is 66.9 Å². The van der Waals surface area contributed by atoms with Crippen LogP contribution in [0.15, 0.2) is 36.1 Å². The molecule has 4 rings (SSSR count). The average Bonchev–Trinajstić information content (AvgIpc) is 3.07. The molecular weight excluding hydrogens is 356 g/mol. The van der Waals surface area contributed by atoms with E-state index in [1.807, 2.05) is 19.9 Å². The van der Waals surface area contributed by atoms with Crippen LogP contribution in [0.25, 0.3) is 0 Å². The van der Waals surface area contributed by atoms with Gasteiger partial charge in [0.05, 0.1) is 5.76 Å². The van der Waals surface area contributed by atoms with E-state index in [1.54, 1.807) is 0 Å². The molecule has 0 aromatic heterocycles. The predicted octanol–water partition coefficient (Wildman–Crippen LogP) is 6.88. The smallest absolute Gasteiger partial charge is 0.156 e. The van der Waals surface area contributed by atoms with Gasteiger partial charge in [0.25, 0.3) is 0 Å². The third-order valence-corrected chi connectivity index (χ3v) is 8.13. The van der Waals surface area contributed by atoms with Crippen LogP contribution in [0, 0.1) is 41.4 Å². The Bertz CT molecular complexity index is 697. The molecule has 0 radical (unpaired) electrons. The monoisotopic (exact) mass is 396 g/mol. The van der Waals surface area contributed by atoms with Crippen molar-refractivity contribution in [3.05, 3.63) is 36.1 Å². The quantitative estimate of drug-likeness (QED) is 0.384. The zero-order valence-electron chi connectivity index (χ0n) is 19.2. The highest BCUT2D eigenvalue weighted by Gasteiger charge is 2.58. The number of terminal acetylenes is 1. The standard InChI is InChI=1S/C23H32O2.C2H6.C2H2/c1-5-15(2)25-21-9-8-19-18-7-6-16-14-17(24)10-12-22(16,3)20(18)11-13-23(19,21)4;2*1-2/h6-7,14,18-21H,2,5,8-13H2,1,3-4H3;1-2H3;1-2H. The Hall–Kier alpha value is -1.75. The van der Waals surface area contributed by atoms with Gasteiger partial charge in [0.15, 0.2) is 5.78 Å². The van der Waals surface area contributed by atoms with Crippen molar-refractivity contribution in [2.45, 2.75) is 85.7 Å². The van der Waals surface area contributed by atoms with Gasteiger partial charge in [-0.1, -0.05) is 53.3 Å². The summed E-state index contributed by atoms with van der Waals surface area (Å²) in [6.45, 7) is 15.1. The second-order valence-electron chi connectivity index (χ2n) is 9.25. The zero-order valence-corrected chi connectivity index (χ0v) is 19.2. The average molecular weight is 397 g/mol. The summed E-state index contributed by atoms with van der Waals surface area (Å²) in [5, 5.41) is 0. The molecule has 0 N–H and O–H groups in total. The number of fused-ring (bicyclic) bond motifs is 5. The van der Waals surface area contributed by atoms with Crippen molar-refractivity contribution in [2.75, 3.05) is 0 Å². The first kappa shape index (κ1) is 23.5. The molecule has 2 nitrogen and oxygen atoms in total. The summed E-state index contributed by atoms with van der Waals surface area (Å²) in [5.41, 5.74) is 1.76. The largest absolute Gasteiger partial charge is 0.495 e. The molecule has 6 unspecified atom stereocenters. The lowest BCUT2D eigenvalue weighted by atomic mass is 9.49. The molecule has 2 heteroatoms. The van der Waals surface area contributed by atoms with Crippen LogP contribution in [-0.4, -0.2) is 11.9 Å². The number of carbonyl (C=O) groups is 1. The van der Waals surface area contributed by atoms with Crippen molar-refractivity contribution < 1.29 is 9.53 Å². The summed E-state index contributed by atoms with van der Waals surface area (Å²) in [7, 11) is 0. The molecule has 0 bridgehead atoms. The van der Waals surface area contributed by atoms with Gasteiger partial charge in [0, 0.05) is 18.3 Å². The Morgan fingerprint density at radius 1 is 1.17 bits per heavy atom. The Morgan fingerprint density at radius 3 is 2.52 bits per heavy atom. The highest BCUT2D eigenvalue weighted by molar-refractivity contribution is 5.92. The van der Waals surface area contributed by atoms with Crippen molar-refractivity contribution in [1.82, 2.24) is 0 Å². The summed E-state index contributed by atoms with van der Waals surface area (Å²) in [5.74, 6) is 3.27. The maximum absolute atomic E-state index is 11.9. The van der Waals surface area contributed by atoms with E-state index >= 15 is 0 Å². The van der Waals surface area contributed by atoms with Crippen molar-refractivity contribution >= 4 is 5.78 Å². The Balaban J connectivity index is 0.000000707. The minimum Gasteiger partial charge on any atom is -0.495 e. The van der Waals surface area contributed by atoms with E-state index < -0.39 is 0 Å². The van der Waals surface area contributed by atoms with Crippen LogP contribution in [0.3, 0.4) is 0 Å². The van der Waals surface area contributed by atoms with E-state index in [-0.39, 0.29) is 10.8 Å². The highest BCUT2D eigenvalue weighted by Crippen LogP contribution is 2.64. The molecule has 0 heterocycles. The van der Waals surface area contributed by atoms with Crippen LogP contribution in [-0.2, 0) is 9.53 Å². The van der Waals surface area contributed by atoms with Crippen LogP contribution in [0.5, 0.6) is 0 Å². The normalized spacial score (nSPS) is 39.3. The number of carbonyl (C=O) groups excluding carboxylic acids is 1. The lowest BCUT2D eigenvalue weighted by molar-refractivity contribution is -0.116. The van der Waals surface area contributed by atoms with E-state index in [1.165, 1.54) is 24.8 Å². The first-order valence-electron chi connectivity index (χ1n) is 11.5. The minimum absolute atomic E-state index is 0.195. The molecule has 4 aliphatic carbocycles. The van der Waals surface area contributed by atoms with Crippen LogP contribution in [0.2, 0.25) is 0 Å². The fourth-order valence-corrected chi connectivity index (χ4v) is 6.43. The van der Waals surface area contributed by atoms with Gasteiger partial charge in [0.1, 0.15) is 6.10 Å². The minimum atomic E-state index is 0.195. The summed E-state index contributed by atoms with van der Waals surface area (Å²) in [6, 6.07) is 0. The van der Waals surface area contributed by atoms with Crippen LogP contribution in [0.1, 0.15) is 79.6 Å². The molecule has 0 amide bonds. The first-order valence-corrected chi connectivity index (χ1v) is 11.5. The van der Waals surface area contributed by atoms with Gasteiger partial charge in [-0.25, -0.2) is 0 Å². The number of hydrogen-bond acceptors (Lipinski definition) is 2. The van der Waals surface area contributed by atoms with Crippen molar-refractivity contribution in [3.8, 4) is 12.8 Å².